The minimum atomic E-state index is -0.197. The fourth-order valence-corrected chi connectivity index (χ4v) is 2.62. The number of hydrogen-bond acceptors (Lipinski definition) is 3. The van der Waals surface area contributed by atoms with Crippen molar-refractivity contribution in [3.8, 4) is 0 Å². The largest absolute Gasteiger partial charge is 0.352 e. The normalized spacial score (nSPS) is 10.6. The van der Waals surface area contributed by atoms with E-state index in [1.165, 1.54) is 0 Å². The third kappa shape index (κ3) is 4.67. The summed E-state index contributed by atoms with van der Waals surface area (Å²) in [5.74, 6) is 0.364. The Bertz CT molecular complexity index is 856. The van der Waals surface area contributed by atoms with Crippen LogP contribution in [-0.2, 0) is 11.3 Å². The van der Waals surface area contributed by atoms with Gasteiger partial charge in [0.15, 0.2) is 0 Å². The predicted molar refractivity (Wildman–Crippen MR) is 99.0 cm³/mol. The van der Waals surface area contributed by atoms with Gasteiger partial charge in [-0.25, -0.2) is 4.98 Å². The molecule has 3 rings (SSSR count). The van der Waals surface area contributed by atoms with Crippen LogP contribution in [0.3, 0.4) is 0 Å². The second-order valence-electron chi connectivity index (χ2n) is 5.49. The Morgan fingerprint density at radius 3 is 2.56 bits per heavy atom. The molecule has 6 nitrogen and oxygen atoms in total. The predicted octanol–water partition coefficient (Wildman–Crippen LogP) is 2.76. The van der Waals surface area contributed by atoms with E-state index in [1.54, 1.807) is 24.3 Å². The van der Waals surface area contributed by atoms with Crippen molar-refractivity contribution in [2.75, 3.05) is 6.54 Å². The summed E-state index contributed by atoms with van der Waals surface area (Å²) < 4.78 is 0.911. The zero-order valence-corrected chi connectivity index (χ0v) is 15.0. The lowest BCUT2D eigenvalue weighted by atomic mass is 10.2. The van der Waals surface area contributed by atoms with Gasteiger partial charge in [0.2, 0.25) is 5.91 Å². The molecule has 3 aromatic rings. The summed E-state index contributed by atoms with van der Waals surface area (Å²) in [4.78, 5) is 31.4. The second kappa shape index (κ2) is 7.94. The lowest BCUT2D eigenvalue weighted by Crippen LogP contribution is -2.30. The van der Waals surface area contributed by atoms with Crippen molar-refractivity contribution in [1.29, 1.82) is 0 Å². The smallest absolute Gasteiger partial charge is 0.251 e. The van der Waals surface area contributed by atoms with Gasteiger partial charge < -0.3 is 15.6 Å². The molecule has 0 radical (unpaired) electrons. The zero-order chi connectivity index (χ0) is 17.6. The number of hydrogen-bond donors (Lipinski definition) is 3. The second-order valence-corrected chi connectivity index (χ2v) is 6.41. The molecule has 0 atom stereocenters. The molecule has 0 saturated heterocycles. The van der Waals surface area contributed by atoms with Gasteiger partial charge in [0, 0.05) is 23.0 Å². The van der Waals surface area contributed by atoms with Crippen LogP contribution in [0.2, 0.25) is 0 Å². The number of aromatic amines is 1. The van der Waals surface area contributed by atoms with Crippen LogP contribution in [-0.4, -0.2) is 28.3 Å². The number of carbonyl (C=O) groups is 2. The molecule has 0 unspecified atom stereocenters. The quantitative estimate of drug-likeness (QED) is 0.594. The number of imidazole rings is 1. The highest BCUT2D eigenvalue weighted by Gasteiger charge is 2.08. The number of carbonyl (C=O) groups excluding carboxylic acids is 2. The van der Waals surface area contributed by atoms with E-state index in [2.05, 4.69) is 36.5 Å². The fourth-order valence-electron chi connectivity index (χ4n) is 2.35. The summed E-state index contributed by atoms with van der Waals surface area (Å²) >= 11 is 3.32. The van der Waals surface area contributed by atoms with E-state index in [9.17, 15) is 9.59 Å². The van der Waals surface area contributed by atoms with Gasteiger partial charge in [0.25, 0.3) is 5.91 Å². The molecule has 2 aromatic carbocycles. The maximum Gasteiger partial charge on any atom is 0.251 e. The minimum absolute atomic E-state index is 0.142. The van der Waals surface area contributed by atoms with E-state index in [-0.39, 0.29) is 24.8 Å². The molecule has 25 heavy (non-hydrogen) atoms. The molecule has 2 amide bonds. The zero-order valence-electron chi connectivity index (χ0n) is 13.4. The summed E-state index contributed by atoms with van der Waals surface area (Å²) in [7, 11) is 0. The molecule has 0 spiro atoms. The van der Waals surface area contributed by atoms with Crippen LogP contribution in [0.1, 0.15) is 22.6 Å². The van der Waals surface area contributed by atoms with E-state index in [1.807, 2.05) is 24.3 Å². The number of amides is 2. The van der Waals surface area contributed by atoms with Crippen molar-refractivity contribution in [3.05, 3.63) is 64.4 Å². The maximum absolute atomic E-state index is 11.9. The average molecular weight is 401 g/mol. The number of nitrogens with zero attached hydrogens (tertiary/aromatic N) is 1. The molecule has 7 heteroatoms. The Morgan fingerprint density at radius 2 is 1.80 bits per heavy atom. The Kier molecular flexibility index (Phi) is 5.45. The lowest BCUT2D eigenvalue weighted by molar-refractivity contribution is -0.121. The van der Waals surface area contributed by atoms with Crippen molar-refractivity contribution in [2.24, 2.45) is 0 Å². The molecule has 0 aliphatic carbocycles. The van der Waals surface area contributed by atoms with Crippen LogP contribution in [0.25, 0.3) is 11.0 Å². The first kappa shape index (κ1) is 17.2. The summed E-state index contributed by atoms with van der Waals surface area (Å²) in [6, 6.07) is 14.7. The molecule has 0 fully saturated rings. The van der Waals surface area contributed by atoms with Crippen LogP contribution in [0, 0.1) is 0 Å². The first-order valence-corrected chi connectivity index (χ1v) is 8.65. The van der Waals surface area contributed by atoms with Gasteiger partial charge in [-0.3, -0.25) is 9.59 Å². The maximum atomic E-state index is 11.9. The van der Waals surface area contributed by atoms with Gasteiger partial charge >= 0.3 is 0 Å². The monoisotopic (exact) mass is 400 g/mol. The van der Waals surface area contributed by atoms with Crippen LogP contribution >= 0.6 is 15.9 Å². The fraction of sp³-hybridized carbons (Fsp3) is 0.167. The Balaban J connectivity index is 1.42. The SMILES string of the molecule is O=C(CCNC(=O)c1ccc(Br)cc1)NCc1nc2ccccc2[nH]1. The molecule has 1 heterocycles. The summed E-state index contributed by atoms with van der Waals surface area (Å²) in [5.41, 5.74) is 2.37. The summed E-state index contributed by atoms with van der Waals surface area (Å²) in [5, 5.41) is 5.52. The Labute approximate surface area is 153 Å². The number of halogens is 1. The lowest BCUT2D eigenvalue weighted by Gasteiger charge is -2.06. The molecular formula is C18H17BrN4O2. The van der Waals surface area contributed by atoms with Gasteiger partial charge in [-0.1, -0.05) is 28.1 Å². The topological polar surface area (TPSA) is 86.9 Å². The number of H-pyrrole nitrogens is 1. The third-order valence-corrected chi connectivity index (χ3v) is 4.16. The molecule has 0 aliphatic heterocycles. The Hall–Kier alpha value is -2.67. The molecule has 0 bridgehead atoms. The van der Waals surface area contributed by atoms with Gasteiger partial charge in [0.1, 0.15) is 5.82 Å². The number of benzene rings is 2. The van der Waals surface area contributed by atoms with E-state index < -0.39 is 0 Å². The number of fused-ring (bicyclic) bond motifs is 1. The molecular weight excluding hydrogens is 384 g/mol. The van der Waals surface area contributed by atoms with Gasteiger partial charge in [-0.15, -0.1) is 0 Å². The standard InChI is InChI=1S/C18H17BrN4O2/c19-13-7-5-12(6-8-13)18(25)20-10-9-17(24)21-11-16-22-14-3-1-2-4-15(14)23-16/h1-8H,9-11H2,(H,20,25)(H,21,24)(H,22,23). The number of aromatic nitrogens is 2. The highest BCUT2D eigenvalue weighted by atomic mass is 79.9. The summed E-state index contributed by atoms with van der Waals surface area (Å²) in [6.07, 6.45) is 0.211. The Morgan fingerprint density at radius 1 is 1.04 bits per heavy atom. The van der Waals surface area contributed by atoms with E-state index in [4.69, 9.17) is 0 Å². The van der Waals surface area contributed by atoms with Crippen molar-refractivity contribution < 1.29 is 9.59 Å². The molecule has 3 N–H and O–H groups in total. The van der Waals surface area contributed by atoms with E-state index in [0.29, 0.717) is 17.9 Å². The van der Waals surface area contributed by atoms with Gasteiger partial charge in [0.05, 0.1) is 17.6 Å². The third-order valence-electron chi connectivity index (χ3n) is 3.64. The first-order chi connectivity index (χ1) is 12.1. The average Bonchev–Trinajstić information content (AvgIpc) is 3.03. The molecule has 1 aromatic heterocycles. The van der Waals surface area contributed by atoms with Crippen LogP contribution in [0.5, 0.6) is 0 Å². The van der Waals surface area contributed by atoms with Crippen molar-refractivity contribution in [2.45, 2.75) is 13.0 Å². The highest BCUT2D eigenvalue weighted by Crippen LogP contribution is 2.11. The van der Waals surface area contributed by atoms with Gasteiger partial charge in [-0.05, 0) is 36.4 Å². The van der Waals surface area contributed by atoms with Crippen molar-refractivity contribution >= 4 is 38.8 Å². The molecule has 0 aliphatic rings. The number of rotatable bonds is 6. The minimum Gasteiger partial charge on any atom is -0.352 e. The van der Waals surface area contributed by atoms with E-state index in [0.717, 1.165) is 15.5 Å². The molecule has 0 saturated carbocycles. The first-order valence-electron chi connectivity index (χ1n) is 7.86. The van der Waals surface area contributed by atoms with Crippen molar-refractivity contribution in [1.82, 2.24) is 20.6 Å². The number of para-hydroxylation sites is 2. The highest BCUT2D eigenvalue weighted by molar-refractivity contribution is 9.10. The van der Waals surface area contributed by atoms with Crippen LogP contribution in [0.15, 0.2) is 53.0 Å². The van der Waals surface area contributed by atoms with Crippen LogP contribution in [0.4, 0.5) is 0 Å². The molecule has 128 valence electrons. The number of nitrogens with one attached hydrogen (secondary N) is 3. The summed E-state index contributed by atoms with van der Waals surface area (Å²) in [6.45, 7) is 0.606. The van der Waals surface area contributed by atoms with Crippen LogP contribution < -0.4 is 10.6 Å². The van der Waals surface area contributed by atoms with Gasteiger partial charge in [-0.2, -0.15) is 0 Å². The van der Waals surface area contributed by atoms with Crippen molar-refractivity contribution in [3.63, 3.8) is 0 Å². The van der Waals surface area contributed by atoms with E-state index >= 15 is 0 Å².